The largest absolute Gasteiger partial charge is 0.388 e. The predicted molar refractivity (Wildman–Crippen MR) is 78.4 cm³/mol. The standard InChI is InChI=1S/C16H21N3O2/c1-12-17-15(18-21-12)11-19-9-7-14(8-10-19)16(20)13-5-3-2-4-6-13/h2-6,14,16,20H,7-11H2,1H3. The summed E-state index contributed by atoms with van der Waals surface area (Å²) in [5.41, 5.74) is 1.02. The van der Waals surface area contributed by atoms with E-state index in [0.717, 1.165) is 43.9 Å². The van der Waals surface area contributed by atoms with Crippen molar-refractivity contribution in [2.45, 2.75) is 32.4 Å². The lowest BCUT2D eigenvalue weighted by atomic mass is 9.87. The molecule has 1 atom stereocenters. The third kappa shape index (κ3) is 3.49. The number of rotatable bonds is 4. The fourth-order valence-corrected chi connectivity index (χ4v) is 2.95. The van der Waals surface area contributed by atoms with Crippen LogP contribution in [0.15, 0.2) is 34.9 Å². The second-order valence-corrected chi connectivity index (χ2v) is 5.70. The molecule has 3 rings (SSSR count). The summed E-state index contributed by atoms with van der Waals surface area (Å²) in [7, 11) is 0. The summed E-state index contributed by atoms with van der Waals surface area (Å²) in [6.07, 6.45) is 1.63. The minimum atomic E-state index is -0.360. The number of likely N-dealkylation sites (tertiary alicyclic amines) is 1. The van der Waals surface area contributed by atoms with E-state index in [1.807, 2.05) is 30.3 Å². The van der Waals surface area contributed by atoms with E-state index in [9.17, 15) is 5.11 Å². The van der Waals surface area contributed by atoms with Crippen LogP contribution in [-0.4, -0.2) is 33.2 Å². The zero-order valence-electron chi connectivity index (χ0n) is 12.3. The van der Waals surface area contributed by atoms with E-state index in [1.54, 1.807) is 6.92 Å². The number of aliphatic hydroxyl groups is 1. The minimum absolute atomic E-state index is 0.329. The summed E-state index contributed by atoms with van der Waals surface area (Å²) < 4.78 is 5.00. The summed E-state index contributed by atoms with van der Waals surface area (Å²) in [5.74, 6) is 1.68. The van der Waals surface area contributed by atoms with Crippen molar-refractivity contribution in [2.75, 3.05) is 13.1 Å². The first-order valence-corrected chi connectivity index (χ1v) is 7.47. The van der Waals surface area contributed by atoms with Crippen LogP contribution in [0, 0.1) is 12.8 Å². The van der Waals surface area contributed by atoms with Gasteiger partial charge in [-0.25, -0.2) is 0 Å². The maximum Gasteiger partial charge on any atom is 0.223 e. The molecule has 1 saturated heterocycles. The molecule has 0 saturated carbocycles. The van der Waals surface area contributed by atoms with Gasteiger partial charge in [0.1, 0.15) is 0 Å². The molecule has 0 bridgehead atoms. The summed E-state index contributed by atoms with van der Waals surface area (Å²) in [5, 5.41) is 14.4. The summed E-state index contributed by atoms with van der Waals surface area (Å²) in [6.45, 7) is 4.45. The number of hydrogen-bond acceptors (Lipinski definition) is 5. The molecule has 1 unspecified atom stereocenters. The van der Waals surface area contributed by atoms with Crippen molar-refractivity contribution in [3.8, 4) is 0 Å². The molecule has 1 aliphatic rings. The molecule has 21 heavy (non-hydrogen) atoms. The van der Waals surface area contributed by atoms with Gasteiger partial charge in [0, 0.05) is 6.92 Å². The number of piperidine rings is 1. The first kappa shape index (κ1) is 14.2. The van der Waals surface area contributed by atoms with Crippen LogP contribution in [0.1, 0.15) is 36.2 Å². The molecule has 5 heteroatoms. The van der Waals surface area contributed by atoms with Gasteiger partial charge in [-0.3, -0.25) is 4.90 Å². The second kappa shape index (κ2) is 6.37. The van der Waals surface area contributed by atoms with E-state index < -0.39 is 0 Å². The second-order valence-electron chi connectivity index (χ2n) is 5.70. The van der Waals surface area contributed by atoms with Crippen LogP contribution >= 0.6 is 0 Å². The van der Waals surface area contributed by atoms with Crippen LogP contribution in [0.4, 0.5) is 0 Å². The van der Waals surface area contributed by atoms with E-state index in [2.05, 4.69) is 15.0 Å². The van der Waals surface area contributed by atoms with Gasteiger partial charge in [0.2, 0.25) is 5.89 Å². The van der Waals surface area contributed by atoms with Crippen molar-refractivity contribution < 1.29 is 9.63 Å². The van der Waals surface area contributed by atoms with Crippen LogP contribution in [0.2, 0.25) is 0 Å². The van der Waals surface area contributed by atoms with Crippen LogP contribution in [-0.2, 0) is 6.54 Å². The molecule has 1 aromatic heterocycles. The molecule has 1 aliphatic heterocycles. The molecule has 0 spiro atoms. The molecule has 5 nitrogen and oxygen atoms in total. The Morgan fingerprint density at radius 1 is 1.29 bits per heavy atom. The highest BCUT2D eigenvalue weighted by Crippen LogP contribution is 2.30. The van der Waals surface area contributed by atoms with Gasteiger partial charge < -0.3 is 9.63 Å². The summed E-state index contributed by atoms with van der Waals surface area (Å²) in [4.78, 5) is 6.56. The molecule has 1 aromatic carbocycles. The van der Waals surface area contributed by atoms with Crippen molar-refractivity contribution in [1.29, 1.82) is 0 Å². The smallest absolute Gasteiger partial charge is 0.223 e. The zero-order chi connectivity index (χ0) is 14.7. The van der Waals surface area contributed by atoms with Crippen molar-refractivity contribution in [2.24, 2.45) is 5.92 Å². The monoisotopic (exact) mass is 287 g/mol. The highest BCUT2D eigenvalue weighted by molar-refractivity contribution is 5.18. The predicted octanol–water partition coefficient (Wildman–Crippen LogP) is 2.32. The van der Waals surface area contributed by atoms with Gasteiger partial charge in [0.15, 0.2) is 5.82 Å². The lowest BCUT2D eigenvalue weighted by Gasteiger charge is -2.33. The Balaban J connectivity index is 1.53. The van der Waals surface area contributed by atoms with Crippen molar-refractivity contribution in [1.82, 2.24) is 15.0 Å². The highest BCUT2D eigenvalue weighted by Gasteiger charge is 2.26. The van der Waals surface area contributed by atoms with Gasteiger partial charge in [-0.05, 0) is 37.4 Å². The fourth-order valence-electron chi connectivity index (χ4n) is 2.95. The quantitative estimate of drug-likeness (QED) is 0.935. The molecular weight excluding hydrogens is 266 g/mol. The molecule has 112 valence electrons. The Bertz CT molecular complexity index is 562. The number of aliphatic hydroxyl groups excluding tert-OH is 1. The molecular formula is C16H21N3O2. The summed E-state index contributed by atoms with van der Waals surface area (Å²) >= 11 is 0. The average molecular weight is 287 g/mol. The van der Waals surface area contributed by atoms with Crippen LogP contribution < -0.4 is 0 Å². The van der Waals surface area contributed by atoms with Crippen LogP contribution in [0.5, 0.6) is 0 Å². The molecule has 0 radical (unpaired) electrons. The molecule has 0 aliphatic carbocycles. The van der Waals surface area contributed by atoms with Gasteiger partial charge in [0.05, 0.1) is 12.6 Å². The maximum atomic E-state index is 10.5. The lowest BCUT2D eigenvalue weighted by Crippen LogP contribution is -2.35. The first-order valence-electron chi connectivity index (χ1n) is 7.47. The molecule has 0 amide bonds. The Kier molecular flexibility index (Phi) is 4.31. The third-order valence-electron chi connectivity index (χ3n) is 4.15. The number of nitrogens with zero attached hydrogens (tertiary/aromatic N) is 3. The third-order valence-corrected chi connectivity index (χ3v) is 4.15. The Morgan fingerprint density at radius 2 is 2.00 bits per heavy atom. The number of aryl methyl sites for hydroxylation is 1. The van der Waals surface area contributed by atoms with Gasteiger partial charge in [0.25, 0.3) is 0 Å². The van der Waals surface area contributed by atoms with E-state index in [4.69, 9.17) is 4.52 Å². The fraction of sp³-hybridized carbons (Fsp3) is 0.500. The van der Waals surface area contributed by atoms with Crippen molar-refractivity contribution in [3.63, 3.8) is 0 Å². The van der Waals surface area contributed by atoms with Crippen molar-refractivity contribution in [3.05, 3.63) is 47.6 Å². The lowest BCUT2D eigenvalue weighted by molar-refractivity contribution is 0.0558. The number of benzene rings is 1. The molecule has 1 N–H and O–H groups in total. The average Bonchev–Trinajstić information content (AvgIpc) is 2.93. The van der Waals surface area contributed by atoms with Gasteiger partial charge >= 0.3 is 0 Å². The van der Waals surface area contributed by atoms with Crippen LogP contribution in [0.25, 0.3) is 0 Å². The molecule has 2 heterocycles. The Morgan fingerprint density at radius 3 is 2.62 bits per heavy atom. The minimum Gasteiger partial charge on any atom is -0.388 e. The first-order chi connectivity index (χ1) is 10.2. The summed E-state index contributed by atoms with van der Waals surface area (Å²) in [6, 6.07) is 9.93. The molecule has 2 aromatic rings. The van der Waals surface area contributed by atoms with Crippen LogP contribution in [0.3, 0.4) is 0 Å². The van der Waals surface area contributed by atoms with E-state index in [-0.39, 0.29) is 6.10 Å². The van der Waals surface area contributed by atoms with Gasteiger partial charge in [-0.2, -0.15) is 4.98 Å². The maximum absolute atomic E-state index is 10.5. The normalized spacial score (nSPS) is 18.8. The zero-order valence-corrected chi connectivity index (χ0v) is 12.3. The van der Waals surface area contributed by atoms with Gasteiger partial charge in [-0.1, -0.05) is 35.5 Å². The number of aromatic nitrogens is 2. The number of hydrogen-bond donors (Lipinski definition) is 1. The Hall–Kier alpha value is -1.72. The van der Waals surface area contributed by atoms with Crippen molar-refractivity contribution >= 4 is 0 Å². The Labute approximate surface area is 124 Å². The van der Waals surface area contributed by atoms with E-state index in [1.165, 1.54) is 0 Å². The SMILES string of the molecule is Cc1nc(CN2CCC(C(O)c3ccccc3)CC2)no1. The van der Waals surface area contributed by atoms with E-state index in [0.29, 0.717) is 11.8 Å². The topological polar surface area (TPSA) is 62.4 Å². The van der Waals surface area contributed by atoms with Gasteiger partial charge in [-0.15, -0.1) is 0 Å². The molecule has 1 fully saturated rings. The highest BCUT2D eigenvalue weighted by atomic mass is 16.5. The van der Waals surface area contributed by atoms with E-state index >= 15 is 0 Å².